The largest absolute Gasteiger partial charge is 0.399 e. The molecule has 0 bridgehead atoms. The Balaban J connectivity index is 0. The van der Waals surface area contributed by atoms with Gasteiger partial charge in [0.05, 0.1) is 6.42 Å². The smallest absolute Gasteiger partial charge is 0.189 e. The van der Waals surface area contributed by atoms with Crippen molar-refractivity contribution in [1.29, 1.82) is 0 Å². The summed E-state index contributed by atoms with van der Waals surface area (Å²) in [5.74, 6) is -0.125. The van der Waals surface area contributed by atoms with E-state index in [9.17, 15) is 14.4 Å². The van der Waals surface area contributed by atoms with Gasteiger partial charge in [-0.3, -0.25) is 14.4 Å². The molecule has 0 atom stereocenters. The first-order valence-corrected chi connectivity index (χ1v) is 9.96. The van der Waals surface area contributed by atoms with Crippen LogP contribution in [0.15, 0.2) is 41.2 Å². The van der Waals surface area contributed by atoms with Crippen LogP contribution in [-0.2, 0) is 9.59 Å². The van der Waals surface area contributed by atoms with Crippen molar-refractivity contribution in [2.75, 3.05) is 5.73 Å². The Morgan fingerprint density at radius 2 is 1.41 bits per heavy atom. The highest BCUT2D eigenvalue weighted by molar-refractivity contribution is 6.32. The van der Waals surface area contributed by atoms with Crippen molar-refractivity contribution in [2.45, 2.75) is 55.9 Å². The Morgan fingerprint density at radius 1 is 0.875 bits per heavy atom. The Morgan fingerprint density at radius 3 is 1.84 bits per heavy atom. The third-order valence-electron chi connectivity index (χ3n) is 3.92. The SMILES string of the molecule is C.C.CC(=O)CC(C)=O.Cc1cc(=O)c2cc(Cl)c(C)cc2[nH]1.Cc1cc(N)ccc1Cl. The van der Waals surface area contributed by atoms with Gasteiger partial charge in [0.15, 0.2) is 5.43 Å². The van der Waals surface area contributed by atoms with Crippen molar-refractivity contribution in [3.05, 3.63) is 73.5 Å². The van der Waals surface area contributed by atoms with Gasteiger partial charge < -0.3 is 10.7 Å². The molecule has 0 radical (unpaired) electrons. The van der Waals surface area contributed by atoms with Gasteiger partial charge in [0, 0.05) is 38.4 Å². The van der Waals surface area contributed by atoms with Crippen LogP contribution in [0.2, 0.25) is 10.0 Å². The minimum absolute atomic E-state index is 0. The number of benzene rings is 2. The molecule has 1 aromatic heterocycles. The molecule has 0 saturated heterocycles. The molecule has 176 valence electrons. The number of pyridine rings is 1. The van der Waals surface area contributed by atoms with Gasteiger partial charge >= 0.3 is 0 Å². The number of ketones is 2. The summed E-state index contributed by atoms with van der Waals surface area (Å²) < 4.78 is 0. The minimum Gasteiger partial charge on any atom is -0.399 e. The number of fused-ring (bicyclic) bond motifs is 1. The predicted molar refractivity (Wildman–Crippen MR) is 139 cm³/mol. The van der Waals surface area contributed by atoms with Crippen molar-refractivity contribution >= 4 is 51.4 Å². The van der Waals surface area contributed by atoms with Gasteiger partial charge in [0.25, 0.3) is 0 Å². The molecular weight excluding hydrogens is 447 g/mol. The van der Waals surface area contributed by atoms with E-state index in [2.05, 4.69) is 4.98 Å². The maximum absolute atomic E-state index is 11.6. The molecule has 0 aliphatic rings. The Hall–Kier alpha value is -2.63. The maximum atomic E-state index is 11.6. The molecule has 7 heteroatoms. The van der Waals surface area contributed by atoms with E-state index in [1.807, 2.05) is 32.9 Å². The topological polar surface area (TPSA) is 93.0 Å². The summed E-state index contributed by atoms with van der Waals surface area (Å²) in [6.07, 6.45) is 0.0833. The van der Waals surface area contributed by atoms with Crippen LogP contribution >= 0.6 is 23.2 Å². The first-order valence-electron chi connectivity index (χ1n) is 9.21. The number of hydrogen-bond acceptors (Lipinski definition) is 4. The molecule has 0 amide bonds. The van der Waals surface area contributed by atoms with Gasteiger partial charge in [-0.15, -0.1) is 0 Å². The number of Topliss-reactive ketones (excluding diaryl/α,β-unsaturated/α-hetero) is 2. The number of nitrogens with one attached hydrogen (secondary N) is 1. The predicted octanol–water partition coefficient (Wildman–Crippen LogP) is 6.86. The Labute approximate surface area is 200 Å². The summed E-state index contributed by atoms with van der Waals surface area (Å²) in [6.45, 7) is 8.52. The highest BCUT2D eigenvalue weighted by Gasteiger charge is 2.03. The summed E-state index contributed by atoms with van der Waals surface area (Å²) in [4.78, 5) is 34.8. The molecule has 3 N–H and O–H groups in total. The number of aryl methyl sites for hydroxylation is 3. The highest BCUT2D eigenvalue weighted by atomic mass is 35.5. The molecule has 0 spiro atoms. The molecule has 3 rings (SSSR count). The lowest BCUT2D eigenvalue weighted by Gasteiger charge is -2.03. The first-order chi connectivity index (χ1) is 13.9. The second-order valence-electron chi connectivity index (χ2n) is 7.05. The second-order valence-corrected chi connectivity index (χ2v) is 7.87. The van der Waals surface area contributed by atoms with Crippen LogP contribution < -0.4 is 11.2 Å². The fourth-order valence-electron chi connectivity index (χ4n) is 2.53. The summed E-state index contributed by atoms with van der Waals surface area (Å²) in [6, 6.07) is 10.6. The highest BCUT2D eigenvalue weighted by Crippen LogP contribution is 2.20. The van der Waals surface area contributed by atoms with E-state index in [-0.39, 0.29) is 38.3 Å². The van der Waals surface area contributed by atoms with Gasteiger partial charge in [-0.25, -0.2) is 0 Å². The number of rotatable bonds is 2. The molecule has 1 heterocycles. The average molecular weight is 481 g/mol. The van der Waals surface area contributed by atoms with Crippen LogP contribution in [0.3, 0.4) is 0 Å². The average Bonchev–Trinajstić information content (AvgIpc) is 2.60. The number of hydrogen-bond donors (Lipinski definition) is 2. The van der Waals surface area contributed by atoms with Crippen LogP contribution in [-0.4, -0.2) is 16.6 Å². The van der Waals surface area contributed by atoms with E-state index in [1.165, 1.54) is 13.8 Å². The van der Waals surface area contributed by atoms with Gasteiger partial charge in [-0.1, -0.05) is 38.1 Å². The minimum atomic E-state index is -0.0625. The zero-order chi connectivity index (χ0) is 23.0. The quantitative estimate of drug-likeness (QED) is 0.309. The second kappa shape index (κ2) is 14.4. The van der Waals surface area contributed by atoms with Crippen LogP contribution in [0.4, 0.5) is 5.69 Å². The summed E-state index contributed by atoms with van der Waals surface area (Å²) >= 11 is 11.7. The van der Waals surface area contributed by atoms with Crippen molar-refractivity contribution < 1.29 is 9.59 Å². The number of halogens is 2. The van der Waals surface area contributed by atoms with Crippen LogP contribution in [0.25, 0.3) is 10.9 Å². The van der Waals surface area contributed by atoms with Gasteiger partial charge in [-0.2, -0.15) is 0 Å². The molecule has 2 aromatic carbocycles. The van der Waals surface area contributed by atoms with Crippen LogP contribution in [0, 0.1) is 20.8 Å². The molecule has 0 unspecified atom stereocenters. The number of carbonyl (C=O) groups excluding carboxylic acids is 2. The molecule has 3 aromatic rings. The van der Waals surface area contributed by atoms with Gasteiger partial charge in [0.2, 0.25) is 0 Å². The number of anilines is 1. The Bertz CT molecular complexity index is 1110. The van der Waals surface area contributed by atoms with Crippen LogP contribution in [0.5, 0.6) is 0 Å². The number of H-pyrrole nitrogens is 1. The summed E-state index contributed by atoms with van der Waals surface area (Å²) in [7, 11) is 0. The van der Waals surface area contributed by atoms with Crippen LogP contribution in [0.1, 0.15) is 51.9 Å². The molecule has 32 heavy (non-hydrogen) atoms. The molecule has 5 nitrogen and oxygen atoms in total. The zero-order valence-electron chi connectivity index (χ0n) is 17.7. The van der Waals surface area contributed by atoms with Crippen molar-refractivity contribution in [3.63, 3.8) is 0 Å². The number of carbonyl (C=O) groups is 2. The summed E-state index contributed by atoms with van der Waals surface area (Å²) in [5.41, 5.74) is 9.95. The number of nitrogen functional groups attached to an aromatic ring is 1. The molecule has 0 fully saturated rings. The lowest BCUT2D eigenvalue weighted by molar-refractivity contribution is -0.124. The van der Waals surface area contributed by atoms with Gasteiger partial charge in [-0.05, 0) is 76.1 Å². The van der Waals surface area contributed by atoms with Crippen molar-refractivity contribution in [2.24, 2.45) is 0 Å². The third-order valence-corrected chi connectivity index (χ3v) is 4.75. The van der Waals surface area contributed by atoms with E-state index in [0.29, 0.717) is 10.4 Å². The van der Waals surface area contributed by atoms with Crippen molar-refractivity contribution in [1.82, 2.24) is 4.98 Å². The molecular formula is C25H34Cl2N2O3. The lowest BCUT2D eigenvalue weighted by Crippen LogP contribution is -2.03. The maximum Gasteiger partial charge on any atom is 0.189 e. The number of aromatic nitrogens is 1. The first kappa shape index (κ1) is 31.6. The lowest BCUT2D eigenvalue weighted by atomic mass is 10.1. The standard InChI is InChI=1S/C11H10ClNO.C7H8ClN.C5H8O2.2CH4/c1-6-3-10-8(5-9(6)12)11(14)4-7(2)13-10;1-5-4-6(9)2-3-7(5)8;1-4(6)3-5(2)7;;/h3-5H,1-2H3,(H,13,14);2-4H,9H2,1H3;3H2,1-2H3;2*1H4. The zero-order valence-corrected chi connectivity index (χ0v) is 19.2. The van der Waals surface area contributed by atoms with E-state index in [1.54, 1.807) is 24.3 Å². The van der Waals surface area contributed by atoms with E-state index in [4.69, 9.17) is 28.9 Å². The fourth-order valence-corrected chi connectivity index (χ4v) is 2.81. The van der Waals surface area contributed by atoms with E-state index >= 15 is 0 Å². The fraction of sp³-hybridized carbons (Fsp3) is 0.320. The van der Waals surface area contributed by atoms with E-state index < -0.39 is 0 Å². The summed E-state index contributed by atoms with van der Waals surface area (Å²) in [5, 5.41) is 2.04. The van der Waals surface area contributed by atoms with E-state index in [0.717, 1.165) is 33.0 Å². The molecule has 0 saturated carbocycles. The normalized spacial score (nSPS) is 9.22. The van der Waals surface area contributed by atoms with Crippen molar-refractivity contribution in [3.8, 4) is 0 Å². The number of aromatic amines is 1. The number of nitrogens with two attached hydrogens (primary N) is 1. The molecule has 0 aliphatic heterocycles. The monoisotopic (exact) mass is 480 g/mol. The molecule has 0 aliphatic carbocycles. The third kappa shape index (κ3) is 10.6. The Kier molecular flexibility index (Phi) is 14.2. The van der Waals surface area contributed by atoms with Gasteiger partial charge in [0.1, 0.15) is 11.6 Å².